The van der Waals surface area contributed by atoms with Crippen molar-refractivity contribution in [2.75, 3.05) is 18.0 Å². The lowest BCUT2D eigenvalue weighted by Crippen LogP contribution is -2.34. The number of aromatic nitrogens is 2. The Morgan fingerprint density at radius 1 is 1.00 bits per heavy atom. The third-order valence-electron chi connectivity index (χ3n) is 8.17. The molecule has 0 radical (unpaired) electrons. The number of pyridine rings is 1. The van der Waals surface area contributed by atoms with Gasteiger partial charge in [0.1, 0.15) is 15.8 Å². The number of carboxylic acid groups (broad SMARTS) is 1. The van der Waals surface area contributed by atoms with Gasteiger partial charge in [-0.05, 0) is 55.0 Å². The first kappa shape index (κ1) is 30.9. The van der Waals surface area contributed by atoms with Crippen molar-refractivity contribution in [2.45, 2.75) is 77.7 Å². The summed E-state index contributed by atoms with van der Waals surface area (Å²) in [5, 5.41) is 8.72. The van der Waals surface area contributed by atoms with Crippen molar-refractivity contribution >= 4 is 57.7 Å². The van der Waals surface area contributed by atoms with E-state index in [1.54, 1.807) is 21.6 Å². The smallest absolute Gasteiger partial charge is 0.303 e. The van der Waals surface area contributed by atoms with Crippen molar-refractivity contribution in [2.24, 2.45) is 0 Å². The van der Waals surface area contributed by atoms with Crippen molar-refractivity contribution in [1.29, 1.82) is 0 Å². The van der Waals surface area contributed by atoms with Crippen LogP contribution < -0.4 is 10.5 Å². The topological polar surface area (TPSA) is 95.2 Å². The number of nitrogens with zero attached hydrogens (tertiary/aromatic N) is 4. The molecule has 0 atom stereocenters. The number of thioether (sulfide) groups is 1. The molecule has 0 saturated carbocycles. The lowest BCUT2D eigenvalue weighted by molar-refractivity contribution is -0.137. The van der Waals surface area contributed by atoms with Crippen molar-refractivity contribution in [1.82, 2.24) is 14.3 Å². The SMILES string of the molecule is Cc1cccn2c(=O)c(C=C3SC(=S)N(CCCCCCCCCCC(=O)O)C3=O)c(N3CCc4ccccc4C3)nc12. The van der Waals surface area contributed by atoms with Gasteiger partial charge in [-0.25, -0.2) is 4.98 Å². The number of hydrogen-bond acceptors (Lipinski definition) is 7. The quantitative estimate of drug-likeness (QED) is 0.134. The summed E-state index contributed by atoms with van der Waals surface area (Å²) in [6, 6.07) is 12.1. The zero-order valence-corrected chi connectivity index (χ0v) is 26.2. The molecule has 0 bridgehead atoms. The number of fused-ring (bicyclic) bond motifs is 2. The molecule has 5 rings (SSSR count). The number of aliphatic carboxylic acids is 1. The molecule has 1 fully saturated rings. The van der Waals surface area contributed by atoms with Gasteiger partial charge in [-0.1, -0.05) is 92.8 Å². The molecule has 8 nitrogen and oxygen atoms in total. The van der Waals surface area contributed by atoms with Crippen LogP contribution in [0.2, 0.25) is 0 Å². The predicted octanol–water partition coefficient (Wildman–Crippen LogP) is 6.36. The van der Waals surface area contributed by atoms with Gasteiger partial charge in [-0.3, -0.25) is 23.7 Å². The molecule has 226 valence electrons. The van der Waals surface area contributed by atoms with Crippen LogP contribution in [0.5, 0.6) is 0 Å². The van der Waals surface area contributed by atoms with Crippen LogP contribution in [-0.4, -0.2) is 48.7 Å². The third kappa shape index (κ3) is 7.36. The van der Waals surface area contributed by atoms with Crippen molar-refractivity contribution in [3.63, 3.8) is 0 Å². The number of carbonyl (C=O) groups excluding carboxylic acids is 1. The summed E-state index contributed by atoms with van der Waals surface area (Å²) in [4.78, 5) is 47.2. The molecule has 1 saturated heterocycles. The monoisotopic (exact) mass is 618 g/mol. The van der Waals surface area contributed by atoms with E-state index in [2.05, 4.69) is 23.1 Å². The second-order valence-corrected chi connectivity index (χ2v) is 13.0. The molecule has 1 aromatic carbocycles. The highest BCUT2D eigenvalue weighted by molar-refractivity contribution is 8.26. The van der Waals surface area contributed by atoms with Gasteiger partial charge in [-0.2, -0.15) is 0 Å². The Labute approximate surface area is 261 Å². The van der Waals surface area contributed by atoms with Gasteiger partial charge in [0.2, 0.25) is 0 Å². The molecular weight excluding hydrogens is 581 g/mol. The lowest BCUT2D eigenvalue weighted by atomic mass is 9.99. The summed E-state index contributed by atoms with van der Waals surface area (Å²) < 4.78 is 2.09. The molecule has 43 heavy (non-hydrogen) atoms. The summed E-state index contributed by atoms with van der Waals surface area (Å²) in [6.07, 6.45) is 12.4. The van der Waals surface area contributed by atoms with E-state index in [1.807, 2.05) is 25.1 Å². The Hall–Kier alpha value is -3.50. The van der Waals surface area contributed by atoms with E-state index >= 15 is 0 Å². The van der Waals surface area contributed by atoms with Gasteiger partial charge < -0.3 is 10.0 Å². The van der Waals surface area contributed by atoms with E-state index in [4.69, 9.17) is 22.3 Å². The summed E-state index contributed by atoms with van der Waals surface area (Å²) >= 11 is 6.85. The van der Waals surface area contributed by atoms with E-state index in [0.29, 0.717) is 39.3 Å². The molecule has 3 aromatic rings. The average molecular weight is 619 g/mol. The second-order valence-electron chi connectivity index (χ2n) is 11.3. The lowest BCUT2D eigenvalue weighted by Gasteiger charge is -2.31. The molecule has 2 aliphatic heterocycles. The summed E-state index contributed by atoms with van der Waals surface area (Å²) in [5.41, 5.74) is 4.27. The number of amides is 1. The van der Waals surface area contributed by atoms with Gasteiger partial charge in [0.25, 0.3) is 11.5 Å². The molecular formula is C33H38N4O4S2. The molecule has 1 N–H and O–H groups in total. The maximum atomic E-state index is 13.9. The predicted molar refractivity (Wildman–Crippen MR) is 176 cm³/mol. The molecule has 2 aromatic heterocycles. The van der Waals surface area contributed by atoms with Crippen molar-refractivity contribution in [3.05, 3.63) is 80.1 Å². The average Bonchev–Trinajstić information content (AvgIpc) is 3.26. The van der Waals surface area contributed by atoms with E-state index in [9.17, 15) is 14.4 Å². The van der Waals surface area contributed by atoms with Crippen LogP contribution in [0.3, 0.4) is 0 Å². The normalized spacial score (nSPS) is 16.0. The van der Waals surface area contributed by atoms with E-state index < -0.39 is 5.97 Å². The highest BCUT2D eigenvalue weighted by Gasteiger charge is 2.33. The van der Waals surface area contributed by atoms with Crippen LogP contribution >= 0.6 is 24.0 Å². The standard InChI is InChI=1S/C33H38N4O4S2/c1-23-13-12-19-36-29(23)34-30(35-20-17-24-14-9-10-15-25(24)22-35)26(31(36)40)21-27-32(41)37(33(42)43-27)18-11-7-5-3-2-4-6-8-16-28(38)39/h9-10,12-15,19,21H,2-8,11,16-18,20,22H2,1H3,(H,38,39). The summed E-state index contributed by atoms with van der Waals surface area (Å²) in [6.45, 7) is 3.89. The minimum absolute atomic E-state index is 0.155. The Balaban J connectivity index is 1.28. The number of anilines is 1. The first-order chi connectivity index (χ1) is 20.8. The first-order valence-electron chi connectivity index (χ1n) is 15.1. The first-order valence-corrected chi connectivity index (χ1v) is 16.4. The fourth-order valence-electron chi connectivity index (χ4n) is 5.77. The number of unbranched alkanes of at least 4 members (excludes halogenated alkanes) is 7. The van der Waals surface area contributed by atoms with Crippen LogP contribution in [0.15, 0.2) is 52.3 Å². The molecule has 0 aliphatic carbocycles. The number of carboxylic acids is 1. The fraction of sp³-hybridized carbons (Fsp3) is 0.424. The highest BCUT2D eigenvalue weighted by atomic mass is 32.2. The van der Waals surface area contributed by atoms with Gasteiger partial charge in [0.05, 0.1) is 10.5 Å². The number of rotatable bonds is 13. The zero-order valence-electron chi connectivity index (χ0n) is 24.6. The van der Waals surface area contributed by atoms with Crippen LogP contribution in [-0.2, 0) is 22.6 Å². The number of carbonyl (C=O) groups is 2. The second kappa shape index (κ2) is 14.3. The Kier molecular flexibility index (Phi) is 10.3. The Morgan fingerprint density at radius 2 is 1.70 bits per heavy atom. The maximum Gasteiger partial charge on any atom is 0.303 e. The van der Waals surface area contributed by atoms with Crippen LogP contribution in [0.1, 0.15) is 80.0 Å². The van der Waals surface area contributed by atoms with E-state index in [-0.39, 0.29) is 17.9 Å². The van der Waals surface area contributed by atoms with E-state index in [1.165, 1.54) is 22.9 Å². The molecule has 10 heteroatoms. The molecule has 2 aliphatic rings. The molecule has 1 amide bonds. The van der Waals surface area contributed by atoms with Gasteiger partial charge in [0.15, 0.2) is 0 Å². The van der Waals surface area contributed by atoms with Crippen LogP contribution in [0, 0.1) is 6.92 Å². The van der Waals surface area contributed by atoms with Crippen LogP contribution in [0.25, 0.3) is 11.7 Å². The Morgan fingerprint density at radius 3 is 2.44 bits per heavy atom. The minimum atomic E-state index is -0.726. The Bertz CT molecular complexity index is 1620. The minimum Gasteiger partial charge on any atom is -0.481 e. The summed E-state index contributed by atoms with van der Waals surface area (Å²) in [5.74, 6) is -0.283. The molecule has 4 heterocycles. The molecule has 0 unspecified atom stereocenters. The van der Waals surface area contributed by atoms with Gasteiger partial charge >= 0.3 is 5.97 Å². The number of benzene rings is 1. The van der Waals surface area contributed by atoms with Crippen molar-refractivity contribution < 1.29 is 14.7 Å². The highest BCUT2D eigenvalue weighted by Crippen LogP contribution is 2.34. The van der Waals surface area contributed by atoms with Gasteiger partial charge in [-0.15, -0.1) is 0 Å². The van der Waals surface area contributed by atoms with Crippen LogP contribution in [0.4, 0.5) is 5.82 Å². The summed E-state index contributed by atoms with van der Waals surface area (Å²) in [7, 11) is 0. The largest absolute Gasteiger partial charge is 0.481 e. The number of hydrogen-bond donors (Lipinski definition) is 1. The van der Waals surface area contributed by atoms with E-state index in [0.717, 1.165) is 69.9 Å². The van der Waals surface area contributed by atoms with Gasteiger partial charge in [0, 0.05) is 32.3 Å². The third-order valence-corrected chi connectivity index (χ3v) is 9.54. The number of thiocarbonyl (C=S) groups is 1. The maximum absolute atomic E-state index is 13.9. The van der Waals surface area contributed by atoms with Crippen molar-refractivity contribution in [3.8, 4) is 0 Å². The number of aryl methyl sites for hydroxylation is 1. The fourth-order valence-corrected chi connectivity index (χ4v) is 7.07. The molecule has 0 spiro atoms. The zero-order chi connectivity index (χ0) is 30.3.